The molecule has 1 amide bonds. The standard InChI is InChI=1S/C19H25N3O3/c1-12-17(13(2)22(4)20-12)10-21(3)19(23)15-8-14-6-7-16(24-5)9-18(14)25-11-15/h6-7,9,15H,8,10-11H2,1-5H3/t15-/m1/s1. The molecule has 1 atom stereocenters. The topological polar surface area (TPSA) is 56.6 Å². The summed E-state index contributed by atoms with van der Waals surface area (Å²) in [6.07, 6.45) is 0.688. The van der Waals surface area contributed by atoms with Gasteiger partial charge in [0.1, 0.15) is 18.1 Å². The zero-order valence-electron chi connectivity index (χ0n) is 15.5. The number of methoxy groups -OCH3 is 1. The van der Waals surface area contributed by atoms with Crippen molar-refractivity contribution in [3.63, 3.8) is 0 Å². The van der Waals surface area contributed by atoms with Crippen molar-refractivity contribution >= 4 is 5.91 Å². The second-order valence-electron chi connectivity index (χ2n) is 6.65. The van der Waals surface area contributed by atoms with Crippen LogP contribution >= 0.6 is 0 Å². The van der Waals surface area contributed by atoms with Gasteiger partial charge in [-0.2, -0.15) is 5.10 Å². The summed E-state index contributed by atoms with van der Waals surface area (Å²) >= 11 is 0. The summed E-state index contributed by atoms with van der Waals surface area (Å²) in [7, 11) is 5.40. The summed E-state index contributed by atoms with van der Waals surface area (Å²) in [5.41, 5.74) is 4.22. The van der Waals surface area contributed by atoms with Gasteiger partial charge in [-0.15, -0.1) is 0 Å². The summed E-state index contributed by atoms with van der Waals surface area (Å²) in [5, 5.41) is 4.42. The molecule has 2 aromatic rings. The maximum atomic E-state index is 12.9. The van der Waals surface area contributed by atoms with Gasteiger partial charge in [0.05, 0.1) is 18.7 Å². The third-order valence-corrected chi connectivity index (χ3v) is 4.96. The summed E-state index contributed by atoms with van der Waals surface area (Å²) in [4.78, 5) is 14.6. The predicted molar refractivity (Wildman–Crippen MR) is 94.8 cm³/mol. The van der Waals surface area contributed by atoms with E-state index in [2.05, 4.69) is 5.10 Å². The molecule has 2 heterocycles. The molecule has 1 aromatic heterocycles. The Balaban J connectivity index is 1.70. The van der Waals surface area contributed by atoms with Gasteiger partial charge in [-0.25, -0.2) is 0 Å². The highest BCUT2D eigenvalue weighted by Gasteiger charge is 2.29. The number of fused-ring (bicyclic) bond motifs is 1. The number of hydrogen-bond acceptors (Lipinski definition) is 4. The van der Waals surface area contributed by atoms with Gasteiger partial charge in [0.2, 0.25) is 5.91 Å². The lowest BCUT2D eigenvalue weighted by Gasteiger charge is -2.28. The number of rotatable bonds is 4. The van der Waals surface area contributed by atoms with Crippen molar-refractivity contribution in [1.29, 1.82) is 0 Å². The largest absolute Gasteiger partial charge is 0.497 e. The highest BCUT2D eigenvalue weighted by molar-refractivity contribution is 5.79. The fourth-order valence-electron chi connectivity index (χ4n) is 3.31. The monoisotopic (exact) mass is 343 g/mol. The molecule has 3 rings (SSSR count). The molecule has 0 N–H and O–H groups in total. The van der Waals surface area contributed by atoms with Gasteiger partial charge in [0, 0.05) is 38.0 Å². The highest BCUT2D eigenvalue weighted by Crippen LogP contribution is 2.31. The van der Waals surface area contributed by atoms with E-state index in [0.717, 1.165) is 34.0 Å². The van der Waals surface area contributed by atoms with Gasteiger partial charge in [-0.05, 0) is 31.9 Å². The Morgan fingerprint density at radius 2 is 2.20 bits per heavy atom. The SMILES string of the molecule is COc1ccc2c(c1)OC[C@H](C(=O)N(C)Cc1c(C)nn(C)c1C)C2. The fourth-order valence-corrected chi connectivity index (χ4v) is 3.31. The average Bonchev–Trinajstić information content (AvgIpc) is 2.86. The zero-order valence-corrected chi connectivity index (χ0v) is 15.5. The number of benzene rings is 1. The van der Waals surface area contributed by atoms with Gasteiger partial charge in [-0.3, -0.25) is 9.48 Å². The van der Waals surface area contributed by atoms with Crippen LogP contribution in [-0.4, -0.2) is 41.4 Å². The molecule has 0 unspecified atom stereocenters. The van der Waals surface area contributed by atoms with E-state index in [1.165, 1.54) is 0 Å². The van der Waals surface area contributed by atoms with Gasteiger partial charge in [-0.1, -0.05) is 6.07 Å². The highest BCUT2D eigenvalue weighted by atomic mass is 16.5. The number of ether oxygens (including phenoxy) is 2. The van der Waals surface area contributed by atoms with Crippen molar-refractivity contribution in [2.75, 3.05) is 20.8 Å². The van der Waals surface area contributed by atoms with E-state index in [-0.39, 0.29) is 11.8 Å². The third-order valence-electron chi connectivity index (χ3n) is 4.96. The van der Waals surface area contributed by atoms with Gasteiger partial charge in [0.15, 0.2) is 0 Å². The first-order valence-electron chi connectivity index (χ1n) is 8.44. The first-order chi connectivity index (χ1) is 11.9. The van der Waals surface area contributed by atoms with Crippen LogP contribution in [0.5, 0.6) is 11.5 Å². The van der Waals surface area contributed by atoms with Crippen LogP contribution in [0.25, 0.3) is 0 Å². The summed E-state index contributed by atoms with van der Waals surface area (Å²) < 4.78 is 12.9. The number of carbonyl (C=O) groups excluding carboxylic acids is 1. The molecular weight excluding hydrogens is 318 g/mol. The molecule has 0 fully saturated rings. The second kappa shape index (κ2) is 6.78. The lowest BCUT2D eigenvalue weighted by atomic mass is 9.95. The number of amides is 1. The molecule has 25 heavy (non-hydrogen) atoms. The summed E-state index contributed by atoms with van der Waals surface area (Å²) in [5.74, 6) is 1.51. The number of aromatic nitrogens is 2. The Bertz CT molecular complexity index is 797. The Morgan fingerprint density at radius 3 is 2.84 bits per heavy atom. The van der Waals surface area contributed by atoms with E-state index in [1.807, 2.05) is 50.8 Å². The first-order valence-corrected chi connectivity index (χ1v) is 8.44. The van der Waals surface area contributed by atoms with Crippen LogP contribution in [-0.2, 0) is 24.8 Å². The maximum Gasteiger partial charge on any atom is 0.229 e. The minimum Gasteiger partial charge on any atom is -0.497 e. The normalized spacial score (nSPS) is 16.1. The van der Waals surface area contributed by atoms with Crippen molar-refractivity contribution in [2.45, 2.75) is 26.8 Å². The number of carbonyl (C=O) groups is 1. The molecule has 0 saturated carbocycles. The molecule has 0 spiro atoms. The lowest BCUT2D eigenvalue weighted by molar-refractivity contribution is -0.136. The Kier molecular flexibility index (Phi) is 4.70. The van der Waals surface area contributed by atoms with E-state index in [4.69, 9.17) is 9.47 Å². The van der Waals surface area contributed by atoms with Crippen molar-refractivity contribution in [3.05, 3.63) is 40.7 Å². The molecular formula is C19H25N3O3. The molecule has 0 bridgehead atoms. The van der Waals surface area contributed by atoms with Gasteiger partial charge < -0.3 is 14.4 Å². The van der Waals surface area contributed by atoms with Gasteiger partial charge >= 0.3 is 0 Å². The molecule has 1 aromatic carbocycles. The minimum atomic E-state index is -0.164. The van der Waals surface area contributed by atoms with Crippen LogP contribution in [0.2, 0.25) is 0 Å². The molecule has 6 nitrogen and oxygen atoms in total. The van der Waals surface area contributed by atoms with Crippen LogP contribution in [0.15, 0.2) is 18.2 Å². The zero-order chi connectivity index (χ0) is 18.1. The summed E-state index contributed by atoms with van der Waals surface area (Å²) in [6, 6.07) is 5.76. The molecule has 6 heteroatoms. The van der Waals surface area contributed by atoms with Crippen LogP contribution in [0, 0.1) is 19.8 Å². The Hall–Kier alpha value is -2.50. The maximum absolute atomic E-state index is 12.9. The van der Waals surface area contributed by atoms with Crippen molar-refractivity contribution in [3.8, 4) is 11.5 Å². The number of aryl methyl sites for hydroxylation is 2. The Morgan fingerprint density at radius 1 is 1.44 bits per heavy atom. The van der Waals surface area contributed by atoms with Crippen LogP contribution in [0.1, 0.15) is 22.5 Å². The molecule has 1 aliphatic heterocycles. The van der Waals surface area contributed by atoms with Crippen molar-refractivity contribution in [2.24, 2.45) is 13.0 Å². The average molecular weight is 343 g/mol. The molecule has 0 aliphatic carbocycles. The quantitative estimate of drug-likeness (QED) is 0.854. The van der Waals surface area contributed by atoms with Crippen LogP contribution in [0.3, 0.4) is 0 Å². The molecule has 134 valence electrons. The minimum absolute atomic E-state index is 0.101. The first kappa shape index (κ1) is 17.3. The smallest absolute Gasteiger partial charge is 0.229 e. The molecule has 0 saturated heterocycles. The van der Waals surface area contributed by atoms with E-state index in [0.29, 0.717) is 19.6 Å². The van der Waals surface area contributed by atoms with Gasteiger partial charge in [0.25, 0.3) is 0 Å². The van der Waals surface area contributed by atoms with Crippen LogP contribution in [0.4, 0.5) is 0 Å². The van der Waals surface area contributed by atoms with E-state index >= 15 is 0 Å². The number of nitrogens with zero attached hydrogens (tertiary/aromatic N) is 3. The second-order valence-corrected chi connectivity index (χ2v) is 6.65. The fraction of sp³-hybridized carbons (Fsp3) is 0.474. The van der Waals surface area contributed by atoms with E-state index in [1.54, 1.807) is 12.0 Å². The Labute approximate surface area is 148 Å². The third kappa shape index (κ3) is 3.34. The number of hydrogen-bond donors (Lipinski definition) is 0. The lowest BCUT2D eigenvalue weighted by Crippen LogP contribution is -2.38. The van der Waals surface area contributed by atoms with E-state index in [9.17, 15) is 4.79 Å². The molecule has 1 aliphatic rings. The van der Waals surface area contributed by atoms with Crippen LogP contribution < -0.4 is 9.47 Å². The van der Waals surface area contributed by atoms with Crippen molar-refractivity contribution in [1.82, 2.24) is 14.7 Å². The van der Waals surface area contributed by atoms with Crippen molar-refractivity contribution < 1.29 is 14.3 Å². The molecule has 0 radical (unpaired) electrons. The van der Waals surface area contributed by atoms with E-state index < -0.39 is 0 Å². The summed E-state index contributed by atoms with van der Waals surface area (Å²) in [6.45, 7) is 4.97. The predicted octanol–water partition coefficient (Wildman–Crippen LogP) is 2.26.